The fraction of sp³-hybridized carbons (Fsp3) is 0.562. The van der Waals surface area contributed by atoms with Gasteiger partial charge in [0, 0.05) is 57.2 Å². The first-order valence-corrected chi connectivity index (χ1v) is 8.02. The van der Waals surface area contributed by atoms with E-state index in [1.807, 2.05) is 30.0 Å². The zero-order valence-corrected chi connectivity index (χ0v) is 14.0. The molecular weight excluding hydrogens is 302 g/mol. The number of nitrogens with one attached hydrogen (secondary N) is 1. The highest BCUT2D eigenvalue weighted by molar-refractivity contribution is 6.31. The number of hydrogen-bond donors (Lipinski definition) is 1. The first-order chi connectivity index (χ1) is 10.6. The molecule has 1 aliphatic rings. The van der Waals surface area contributed by atoms with Crippen molar-refractivity contribution < 1.29 is 9.53 Å². The average molecular weight is 326 g/mol. The summed E-state index contributed by atoms with van der Waals surface area (Å²) >= 11 is 6.08. The van der Waals surface area contributed by atoms with Crippen molar-refractivity contribution in [3.05, 3.63) is 28.8 Å². The van der Waals surface area contributed by atoms with Gasteiger partial charge in [-0.1, -0.05) is 17.7 Å². The second-order valence-electron chi connectivity index (χ2n) is 5.52. The van der Waals surface area contributed by atoms with Crippen LogP contribution >= 0.6 is 11.6 Å². The standard InChI is InChI=1S/C16H24ClN3O2/c1-13-14(17)5-3-6-15(13)18-16(21)20-10-8-19(9-11-20)7-4-12-22-2/h3,5-6H,4,7-12H2,1-2H3,(H,18,21). The quantitative estimate of drug-likeness (QED) is 0.847. The van der Waals surface area contributed by atoms with E-state index in [2.05, 4.69) is 10.2 Å². The topological polar surface area (TPSA) is 44.8 Å². The molecule has 0 spiro atoms. The van der Waals surface area contributed by atoms with Crippen LogP contribution in [-0.2, 0) is 4.74 Å². The SMILES string of the molecule is COCCCN1CCN(C(=O)Nc2cccc(Cl)c2C)CC1. The molecule has 0 radical (unpaired) electrons. The molecule has 5 nitrogen and oxygen atoms in total. The van der Waals surface area contributed by atoms with E-state index < -0.39 is 0 Å². The average Bonchev–Trinajstić information content (AvgIpc) is 2.53. The Kier molecular flexibility index (Phi) is 6.49. The minimum absolute atomic E-state index is 0.0538. The van der Waals surface area contributed by atoms with Crippen LogP contribution in [0, 0.1) is 6.92 Å². The molecule has 2 amide bonds. The Bertz CT molecular complexity index is 502. The van der Waals surface area contributed by atoms with E-state index in [4.69, 9.17) is 16.3 Å². The first-order valence-electron chi connectivity index (χ1n) is 7.64. The van der Waals surface area contributed by atoms with Gasteiger partial charge in [-0.25, -0.2) is 4.79 Å². The number of nitrogens with zero attached hydrogens (tertiary/aromatic N) is 2. The third-order valence-electron chi connectivity index (χ3n) is 3.99. The van der Waals surface area contributed by atoms with Crippen LogP contribution in [0.3, 0.4) is 0 Å². The van der Waals surface area contributed by atoms with Crippen LogP contribution in [0.1, 0.15) is 12.0 Å². The van der Waals surface area contributed by atoms with Gasteiger partial charge in [0.15, 0.2) is 0 Å². The summed E-state index contributed by atoms with van der Waals surface area (Å²) in [6.07, 6.45) is 1.03. The monoisotopic (exact) mass is 325 g/mol. The lowest BCUT2D eigenvalue weighted by atomic mass is 10.2. The maximum Gasteiger partial charge on any atom is 0.321 e. The van der Waals surface area contributed by atoms with Gasteiger partial charge in [-0.3, -0.25) is 4.90 Å². The Morgan fingerprint density at radius 1 is 1.32 bits per heavy atom. The van der Waals surface area contributed by atoms with Crippen molar-refractivity contribution in [1.82, 2.24) is 9.80 Å². The summed E-state index contributed by atoms with van der Waals surface area (Å²) in [4.78, 5) is 16.6. The molecule has 1 aromatic rings. The first kappa shape index (κ1) is 17.1. The van der Waals surface area contributed by atoms with Gasteiger partial charge < -0.3 is 15.0 Å². The van der Waals surface area contributed by atoms with E-state index in [0.29, 0.717) is 5.02 Å². The number of anilines is 1. The van der Waals surface area contributed by atoms with Gasteiger partial charge in [0.05, 0.1) is 0 Å². The maximum atomic E-state index is 12.3. The number of rotatable bonds is 5. The number of ether oxygens (including phenoxy) is 1. The van der Waals surface area contributed by atoms with Gasteiger partial charge >= 0.3 is 6.03 Å². The zero-order chi connectivity index (χ0) is 15.9. The van der Waals surface area contributed by atoms with E-state index in [1.165, 1.54) is 0 Å². The highest BCUT2D eigenvalue weighted by Gasteiger charge is 2.21. The number of benzene rings is 1. The van der Waals surface area contributed by atoms with Crippen molar-refractivity contribution in [2.75, 3.05) is 51.8 Å². The van der Waals surface area contributed by atoms with Crippen LogP contribution < -0.4 is 5.32 Å². The second kappa shape index (κ2) is 8.36. The van der Waals surface area contributed by atoms with Crippen LogP contribution in [0.4, 0.5) is 10.5 Å². The number of carbonyl (C=O) groups is 1. The molecule has 0 atom stereocenters. The normalized spacial score (nSPS) is 15.9. The van der Waals surface area contributed by atoms with E-state index in [0.717, 1.165) is 57.0 Å². The molecule has 1 saturated heterocycles. The summed E-state index contributed by atoms with van der Waals surface area (Å²) in [6, 6.07) is 5.49. The third-order valence-corrected chi connectivity index (χ3v) is 4.40. The van der Waals surface area contributed by atoms with E-state index in [-0.39, 0.29) is 6.03 Å². The van der Waals surface area contributed by atoms with Crippen LogP contribution in [0.15, 0.2) is 18.2 Å². The number of urea groups is 1. The molecule has 0 aliphatic carbocycles. The van der Waals surface area contributed by atoms with Crippen LogP contribution in [0.25, 0.3) is 0 Å². The predicted octanol–water partition coefficient (Wildman–Crippen LogP) is 2.83. The van der Waals surface area contributed by atoms with Crippen molar-refractivity contribution in [2.45, 2.75) is 13.3 Å². The minimum Gasteiger partial charge on any atom is -0.385 e. The largest absolute Gasteiger partial charge is 0.385 e. The number of carbonyl (C=O) groups excluding carboxylic acids is 1. The molecule has 1 N–H and O–H groups in total. The van der Waals surface area contributed by atoms with Crippen molar-refractivity contribution in [2.24, 2.45) is 0 Å². The Hall–Kier alpha value is -1.30. The predicted molar refractivity (Wildman–Crippen MR) is 89.7 cm³/mol. The van der Waals surface area contributed by atoms with E-state index >= 15 is 0 Å². The van der Waals surface area contributed by atoms with Gasteiger partial charge in [-0.05, 0) is 31.0 Å². The van der Waals surface area contributed by atoms with Crippen LogP contribution in [0.5, 0.6) is 0 Å². The fourth-order valence-electron chi connectivity index (χ4n) is 2.54. The molecule has 122 valence electrons. The van der Waals surface area contributed by atoms with Gasteiger partial charge in [-0.15, -0.1) is 0 Å². The zero-order valence-electron chi connectivity index (χ0n) is 13.3. The Morgan fingerprint density at radius 3 is 2.73 bits per heavy atom. The maximum absolute atomic E-state index is 12.3. The summed E-state index contributed by atoms with van der Waals surface area (Å²) in [7, 11) is 1.72. The number of methoxy groups -OCH3 is 1. The Morgan fingerprint density at radius 2 is 2.05 bits per heavy atom. The fourth-order valence-corrected chi connectivity index (χ4v) is 2.72. The highest BCUT2D eigenvalue weighted by Crippen LogP contribution is 2.23. The van der Waals surface area contributed by atoms with Gasteiger partial charge in [0.2, 0.25) is 0 Å². The summed E-state index contributed by atoms with van der Waals surface area (Å²) < 4.78 is 5.07. The summed E-state index contributed by atoms with van der Waals surface area (Å²) in [5.41, 5.74) is 1.68. The van der Waals surface area contributed by atoms with Gasteiger partial charge in [0.25, 0.3) is 0 Å². The summed E-state index contributed by atoms with van der Waals surface area (Å²) in [5.74, 6) is 0. The Labute approximate surface area is 137 Å². The third kappa shape index (κ3) is 4.60. The molecule has 0 aromatic heterocycles. The molecule has 6 heteroatoms. The molecule has 2 rings (SSSR count). The molecule has 1 fully saturated rings. The molecular formula is C16H24ClN3O2. The lowest BCUT2D eigenvalue weighted by Gasteiger charge is -2.34. The molecule has 0 saturated carbocycles. The molecule has 1 heterocycles. The second-order valence-corrected chi connectivity index (χ2v) is 5.92. The molecule has 1 aliphatic heterocycles. The van der Waals surface area contributed by atoms with Gasteiger partial charge in [0.1, 0.15) is 0 Å². The smallest absolute Gasteiger partial charge is 0.321 e. The molecule has 22 heavy (non-hydrogen) atoms. The van der Waals surface area contributed by atoms with Crippen molar-refractivity contribution in [1.29, 1.82) is 0 Å². The number of halogens is 1. The molecule has 1 aromatic carbocycles. The van der Waals surface area contributed by atoms with Crippen molar-refractivity contribution in [3.8, 4) is 0 Å². The van der Waals surface area contributed by atoms with Crippen LogP contribution in [-0.4, -0.2) is 62.3 Å². The molecule has 0 bridgehead atoms. The van der Waals surface area contributed by atoms with Gasteiger partial charge in [-0.2, -0.15) is 0 Å². The Balaban J connectivity index is 1.81. The van der Waals surface area contributed by atoms with Crippen LogP contribution in [0.2, 0.25) is 5.02 Å². The summed E-state index contributed by atoms with van der Waals surface area (Å²) in [6.45, 7) is 7.03. The lowest BCUT2D eigenvalue weighted by molar-refractivity contribution is 0.130. The van der Waals surface area contributed by atoms with E-state index in [1.54, 1.807) is 7.11 Å². The lowest BCUT2D eigenvalue weighted by Crippen LogP contribution is -2.50. The number of piperazine rings is 1. The number of amides is 2. The van der Waals surface area contributed by atoms with Crippen molar-refractivity contribution in [3.63, 3.8) is 0 Å². The highest BCUT2D eigenvalue weighted by atomic mass is 35.5. The number of hydrogen-bond acceptors (Lipinski definition) is 3. The van der Waals surface area contributed by atoms with E-state index in [9.17, 15) is 4.79 Å². The summed E-state index contributed by atoms with van der Waals surface area (Å²) in [5, 5.41) is 3.62. The molecule has 0 unspecified atom stereocenters. The van der Waals surface area contributed by atoms with Crippen molar-refractivity contribution >= 4 is 23.3 Å². The minimum atomic E-state index is -0.0538.